The van der Waals surface area contributed by atoms with Crippen LogP contribution in [0.4, 0.5) is 5.69 Å². The normalized spacial score (nSPS) is 14.1. The molecule has 0 atom stereocenters. The van der Waals surface area contributed by atoms with Crippen LogP contribution >= 0.6 is 35.0 Å². The Bertz CT molecular complexity index is 1180. The van der Waals surface area contributed by atoms with E-state index < -0.39 is 0 Å². The van der Waals surface area contributed by atoms with Crippen molar-refractivity contribution in [3.05, 3.63) is 98.4 Å². The van der Waals surface area contributed by atoms with Crippen LogP contribution in [-0.4, -0.2) is 11.8 Å². The van der Waals surface area contributed by atoms with Crippen molar-refractivity contribution < 1.29 is 9.59 Å². The number of halogens is 2. The van der Waals surface area contributed by atoms with Crippen molar-refractivity contribution in [3.63, 3.8) is 0 Å². The Labute approximate surface area is 189 Å². The van der Waals surface area contributed by atoms with Gasteiger partial charge >= 0.3 is 0 Å². The molecule has 0 saturated heterocycles. The van der Waals surface area contributed by atoms with Crippen LogP contribution in [0, 0.1) is 13.8 Å². The van der Waals surface area contributed by atoms with E-state index in [1.165, 1.54) is 16.7 Å². The minimum Gasteiger partial charge on any atom is -0.268 e. The summed E-state index contributed by atoms with van der Waals surface area (Å²) in [7, 11) is 0. The van der Waals surface area contributed by atoms with Gasteiger partial charge in [0.15, 0.2) is 0 Å². The molecule has 0 N–H and O–H groups in total. The van der Waals surface area contributed by atoms with Gasteiger partial charge in [-0.25, -0.2) is 4.90 Å². The molecule has 3 aromatic carbocycles. The maximum Gasteiger partial charge on any atom is 0.272 e. The summed E-state index contributed by atoms with van der Waals surface area (Å²) >= 11 is 13.3. The Kier molecular flexibility index (Phi) is 5.74. The second-order valence-corrected chi connectivity index (χ2v) is 8.89. The summed E-state index contributed by atoms with van der Waals surface area (Å²) in [6, 6.07) is 19.7. The molecule has 1 aliphatic heterocycles. The smallest absolute Gasteiger partial charge is 0.268 e. The molecule has 4 rings (SSSR count). The standard InChI is InChI=1S/C24H17Cl2NO2S/c1-14-4-3-5-20(15(14)2)27-23(28)21(16-6-8-17(25)9-7-16)22(24(27)29)30-19-12-10-18(26)11-13-19/h3-13H,1-2H3. The number of aryl methyl sites for hydroxylation is 1. The Morgan fingerprint density at radius 2 is 1.37 bits per heavy atom. The summed E-state index contributed by atoms with van der Waals surface area (Å²) in [5.41, 5.74) is 3.54. The van der Waals surface area contributed by atoms with E-state index in [4.69, 9.17) is 23.2 Å². The number of benzene rings is 3. The second kappa shape index (κ2) is 8.31. The maximum atomic E-state index is 13.5. The lowest BCUT2D eigenvalue weighted by molar-refractivity contribution is -0.119. The average Bonchev–Trinajstić information content (AvgIpc) is 2.96. The lowest BCUT2D eigenvalue weighted by Crippen LogP contribution is -2.32. The van der Waals surface area contributed by atoms with E-state index >= 15 is 0 Å². The van der Waals surface area contributed by atoms with Gasteiger partial charge in [-0.05, 0) is 73.0 Å². The predicted molar refractivity (Wildman–Crippen MR) is 124 cm³/mol. The first-order valence-electron chi connectivity index (χ1n) is 9.25. The third-order valence-corrected chi connectivity index (χ3v) is 6.62. The van der Waals surface area contributed by atoms with Gasteiger partial charge in [-0.1, -0.05) is 59.2 Å². The van der Waals surface area contributed by atoms with Crippen LogP contribution < -0.4 is 4.90 Å². The van der Waals surface area contributed by atoms with Crippen molar-refractivity contribution in [2.45, 2.75) is 18.7 Å². The average molecular weight is 454 g/mol. The number of anilines is 1. The zero-order valence-corrected chi connectivity index (χ0v) is 18.6. The highest BCUT2D eigenvalue weighted by atomic mass is 35.5. The minimum absolute atomic E-state index is 0.335. The van der Waals surface area contributed by atoms with Gasteiger partial charge in [0.05, 0.1) is 16.2 Å². The van der Waals surface area contributed by atoms with Crippen molar-refractivity contribution in [1.82, 2.24) is 0 Å². The van der Waals surface area contributed by atoms with Crippen LogP contribution in [0.25, 0.3) is 5.57 Å². The number of rotatable bonds is 4. The molecule has 6 heteroatoms. The molecular formula is C24H17Cl2NO2S. The molecule has 0 spiro atoms. The molecule has 2 amide bonds. The van der Waals surface area contributed by atoms with Crippen LogP contribution in [0.5, 0.6) is 0 Å². The predicted octanol–water partition coefficient (Wildman–Crippen LogP) is 6.69. The highest BCUT2D eigenvalue weighted by molar-refractivity contribution is 8.04. The summed E-state index contributed by atoms with van der Waals surface area (Å²) in [4.78, 5) is 29.4. The van der Waals surface area contributed by atoms with E-state index in [9.17, 15) is 9.59 Å². The fraction of sp³-hybridized carbons (Fsp3) is 0.0833. The highest BCUT2D eigenvalue weighted by Gasteiger charge is 2.41. The van der Waals surface area contributed by atoms with Gasteiger partial charge in [0.25, 0.3) is 11.8 Å². The molecule has 1 heterocycles. The molecule has 3 aromatic rings. The first-order chi connectivity index (χ1) is 14.4. The zero-order chi connectivity index (χ0) is 21.4. The molecule has 0 fully saturated rings. The van der Waals surface area contributed by atoms with E-state index in [2.05, 4.69) is 0 Å². The fourth-order valence-electron chi connectivity index (χ4n) is 3.29. The number of imide groups is 1. The molecule has 150 valence electrons. The van der Waals surface area contributed by atoms with Gasteiger partial charge in [0.2, 0.25) is 0 Å². The zero-order valence-electron chi connectivity index (χ0n) is 16.3. The number of amides is 2. The van der Waals surface area contributed by atoms with Crippen LogP contribution in [-0.2, 0) is 9.59 Å². The van der Waals surface area contributed by atoms with E-state index in [-0.39, 0.29) is 11.8 Å². The van der Waals surface area contributed by atoms with Gasteiger partial charge in [-0.2, -0.15) is 0 Å². The summed E-state index contributed by atoms with van der Waals surface area (Å²) in [5.74, 6) is -0.675. The maximum absolute atomic E-state index is 13.5. The SMILES string of the molecule is Cc1cccc(N2C(=O)C(Sc3ccc(Cl)cc3)=C(c3ccc(Cl)cc3)C2=O)c1C. The van der Waals surface area contributed by atoms with Crippen LogP contribution in [0.2, 0.25) is 10.0 Å². The van der Waals surface area contributed by atoms with Crippen LogP contribution in [0.15, 0.2) is 76.5 Å². The lowest BCUT2D eigenvalue weighted by atomic mass is 10.1. The number of thioether (sulfide) groups is 1. The molecule has 0 saturated carbocycles. The summed E-state index contributed by atoms with van der Waals surface area (Å²) in [5, 5.41) is 1.17. The molecule has 0 unspecified atom stereocenters. The molecule has 1 aliphatic rings. The number of nitrogens with zero attached hydrogens (tertiary/aromatic N) is 1. The monoisotopic (exact) mass is 453 g/mol. The second-order valence-electron chi connectivity index (χ2n) is 6.93. The van der Waals surface area contributed by atoms with Gasteiger partial charge in [-0.15, -0.1) is 0 Å². The third kappa shape index (κ3) is 3.79. The van der Waals surface area contributed by atoms with Crippen molar-refractivity contribution in [1.29, 1.82) is 0 Å². The van der Waals surface area contributed by atoms with E-state index in [0.717, 1.165) is 16.0 Å². The summed E-state index contributed by atoms with van der Waals surface area (Å²) in [6.07, 6.45) is 0. The van der Waals surface area contributed by atoms with E-state index in [1.54, 1.807) is 42.5 Å². The molecule has 3 nitrogen and oxygen atoms in total. The van der Waals surface area contributed by atoms with Crippen LogP contribution in [0.3, 0.4) is 0 Å². The molecule has 30 heavy (non-hydrogen) atoms. The van der Waals surface area contributed by atoms with Gasteiger partial charge in [0, 0.05) is 14.9 Å². The van der Waals surface area contributed by atoms with Crippen molar-refractivity contribution in [2.75, 3.05) is 4.90 Å². The molecule has 0 aromatic heterocycles. The molecule has 0 radical (unpaired) electrons. The number of hydrogen-bond donors (Lipinski definition) is 0. The topological polar surface area (TPSA) is 37.4 Å². The van der Waals surface area contributed by atoms with Crippen molar-refractivity contribution in [2.24, 2.45) is 0 Å². The van der Waals surface area contributed by atoms with Gasteiger partial charge < -0.3 is 0 Å². The minimum atomic E-state index is -0.340. The fourth-order valence-corrected chi connectivity index (χ4v) is 4.54. The lowest BCUT2D eigenvalue weighted by Gasteiger charge is -2.19. The first-order valence-corrected chi connectivity index (χ1v) is 10.8. The van der Waals surface area contributed by atoms with Crippen LogP contribution in [0.1, 0.15) is 16.7 Å². The first kappa shape index (κ1) is 20.7. The number of carbonyl (C=O) groups excluding carboxylic acids is 2. The molecule has 0 aliphatic carbocycles. The summed E-state index contributed by atoms with van der Waals surface area (Å²) < 4.78 is 0. The Hall–Kier alpha value is -2.53. The third-order valence-electron chi connectivity index (χ3n) is 5.02. The quantitative estimate of drug-likeness (QED) is 0.413. The van der Waals surface area contributed by atoms with Gasteiger partial charge in [0.1, 0.15) is 0 Å². The number of carbonyl (C=O) groups is 2. The summed E-state index contributed by atoms with van der Waals surface area (Å²) in [6.45, 7) is 3.87. The largest absolute Gasteiger partial charge is 0.272 e. The van der Waals surface area contributed by atoms with E-state index in [1.807, 2.05) is 38.1 Å². The number of hydrogen-bond acceptors (Lipinski definition) is 3. The molecule has 0 bridgehead atoms. The Morgan fingerprint density at radius 1 is 0.767 bits per heavy atom. The van der Waals surface area contributed by atoms with Crippen molar-refractivity contribution >= 4 is 58.0 Å². The Morgan fingerprint density at radius 3 is 2.00 bits per heavy atom. The highest BCUT2D eigenvalue weighted by Crippen LogP contribution is 2.42. The van der Waals surface area contributed by atoms with E-state index in [0.29, 0.717) is 31.8 Å². The molecular weight excluding hydrogens is 437 g/mol. The van der Waals surface area contributed by atoms with Gasteiger partial charge in [-0.3, -0.25) is 9.59 Å². The van der Waals surface area contributed by atoms with Crippen molar-refractivity contribution in [3.8, 4) is 0 Å². The Balaban J connectivity index is 1.84.